The largest absolute Gasteiger partial charge is 0.381 e. The van der Waals surface area contributed by atoms with Gasteiger partial charge in [0.05, 0.1) is 12.1 Å². The fraction of sp³-hybridized carbons (Fsp3) is 0.900. The van der Waals surface area contributed by atoms with Gasteiger partial charge in [-0.15, -0.1) is 0 Å². The Morgan fingerprint density at radius 2 is 2.00 bits per heavy atom. The van der Waals surface area contributed by atoms with Gasteiger partial charge >= 0.3 is 0 Å². The van der Waals surface area contributed by atoms with E-state index >= 15 is 0 Å². The van der Waals surface area contributed by atoms with Crippen molar-refractivity contribution in [2.45, 2.75) is 50.8 Å². The molecule has 0 aromatic carbocycles. The molecule has 0 radical (unpaired) electrons. The predicted octanol–water partition coefficient (Wildman–Crippen LogP) is 0.407. The summed E-state index contributed by atoms with van der Waals surface area (Å²) in [4.78, 5) is 11.3. The zero-order chi connectivity index (χ0) is 10.6. The van der Waals surface area contributed by atoms with Crippen molar-refractivity contribution in [3.05, 3.63) is 0 Å². The van der Waals surface area contributed by atoms with Crippen molar-refractivity contribution in [1.29, 1.82) is 0 Å². The van der Waals surface area contributed by atoms with Crippen LogP contribution in [0.15, 0.2) is 0 Å². The minimum Gasteiger partial charge on any atom is -0.381 e. The second-order valence-corrected chi connectivity index (χ2v) is 4.01. The molecule has 0 spiro atoms. The molecule has 0 saturated heterocycles. The lowest BCUT2D eigenvalue weighted by atomic mass is 9.93. The van der Waals surface area contributed by atoms with Crippen molar-refractivity contribution in [3.63, 3.8) is 0 Å². The molecule has 1 amide bonds. The van der Waals surface area contributed by atoms with Gasteiger partial charge in [0.15, 0.2) is 0 Å². The lowest BCUT2D eigenvalue weighted by Crippen LogP contribution is -2.45. The van der Waals surface area contributed by atoms with E-state index in [2.05, 4.69) is 5.32 Å². The van der Waals surface area contributed by atoms with E-state index in [0.29, 0.717) is 12.1 Å². The Labute approximate surface area is 85.2 Å². The second kappa shape index (κ2) is 5.32. The Morgan fingerprint density at radius 1 is 1.43 bits per heavy atom. The van der Waals surface area contributed by atoms with Gasteiger partial charge in [0.2, 0.25) is 5.91 Å². The highest BCUT2D eigenvalue weighted by Crippen LogP contribution is 2.20. The fourth-order valence-corrected chi connectivity index (χ4v) is 1.78. The molecule has 1 rings (SSSR count). The van der Waals surface area contributed by atoms with Crippen LogP contribution in [0.3, 0.4) is 0 Å². The molecule has 4 nitrogen and oxygen atoms in total. The third kappa shape index (κ3) is 3.27. The number of amides is 1. The molecule has 0 heterocycles. The van der Waals surface area contributed by atoms with Crippen molar-refractivity contribution in [2.24, 2.45) is 5.73 Å². The first-order chi connectivity index (χ1) is 6.63. The van der Waals surface area contributed by atoms with Crippen LogP contribution in [0.2, 0.25) is 0 Å². The summed E-state index contributed by atoms with van der Waals surface area (Å²) < 4.78 is 5.25. The first-order valence-electron chi connectivity index (χ1n) is 5.22. The van der Waals surface area contributed by atoms with Crippen LogP contribution in [0.25, 0.3) is 0 Å². The summed E-state index contributed by atoms with van der Waals surface area (Å²) in [5.41, 5.74) is 5.47. The average molecular weight is 200 g/mol. The molecular formula is C10H20N2O2. The fourth-order valence-electron chi connectivity index (χ4n) is 1.78. The van der Waals surface area contributed by atoms with Gasteiger partial charge in [-0.3, -0.25) is 4.79 Å². The van der Waals surface area contributed by atoms with Gasteiger partial charge < -0.3 is 15.8 Å². The Hall–Kier alpha value is -0.610. The third-order valence-electron chi connectivity index (χ3n) is 2.77. The van der Waals surface area contributed by atoms with E-state index in [-0.39, 0.29) is 5.91 Å². The second-order valence-electron chi connectivity index (χ2n) is 4.01. The molecule has 0 aromatic rings. The van der Waals surface area contributed by atoms with E-state index in [1.54, 1.807) is 14.0 Å². The summed E-state index contributed by atoms with van der Waals surface area (Å²) >= 11 is 0. The molecule has 4 heteroatoms. The van der Waals surface area contributed by atoms with E-state index in [0.717, 1.165) is 25.7 Å². The van der Waals surface area contributed by atoms with E-state index in [1.807, 2.05) is 0 Å². The number of nitrogens with one attached hydrogen (secondary N) is 1. The molecule has 0 aromatic heterocycles. The molecule has 3 N–H and O–H groups in total. The molecule has 1 fully saturated rings. The normalized spacial score (nSPS) is 29.6. The molecule has 82 valence electrons. The van der Waals surface area contributed by atoms with Gasteiger partial charge in [0.25, 0.3) is 0 Å². The molecule has 0 unspecified atom stereocenters. The monoisotopic (exact) mass is 200 g/mol. The Balaban J connectivity index is 2.25. The van der Waals surface area contributed by atoms with Crippen molar-refractivity contribution in [2.75, 3.05) is 7.11 Å². The number of nitrogens with two attached hydrogens (primary N) is 1. The Bertz CT molecular complexity index is 187. The minimum absolute atomic E-state index is 0.0501. The van der Waals surface area contributed by atoms with Crippen LogP contribution < -0.4 is 11.1 Å². The molecule has 1 aliphatic carbocycles. The maximum absolute atomic E-state index is 11.3. The quantitative estimate of drug-likeness (QED) is 0.693. The van der Waals surface area contributed by atoms with Gasteiger partial charge in [0, 0.05) is 13.2 Å². The van der Waals surface area contributed by atoms with Gasteiger partial charge in [-0.1, -0.05) is 0 Å². The van der Waals surface area contributed by atoms with Crippen molar-refractivity contribution in [3.8, 4) is 0 Å². The summed E-state index contributed by atoms with van der Waals surface area (Å²) in [7, 11) is 1.74. The summed E-state index contributed by atoms with van der Waals surface area (Å²) in [5.74, 6) is -0.0501. The van der Waals surface area contributed by atoms with Crippen LogP contribution in [-0.2, 0) is 9.53 Å². The molecule has 0 bridgehead atoms. The minimum atomic E-state index is -0.407. The number of ether oxygens (including phenoxy) is 1. The van der Waals surface area contributed by atoms with Crippen molar-refractivity contribution in [1.82, 2.24) is 5.32 Å². The van der Waals surface area contributed by atoms with Crippen LogP contribution in [-0.4, -0.2) is 31.2 Å². The number of carbonyl (C=O) groups is 1. The van der Waals surface area contributed by atoms with Crippen LogP contribution in [0.1, 0.15) is 32.6 Å². The predicted molar refractivity (Wildman–Crippen MR) is 54.8 cm³/mol. The standard InChI is InChI=1S/C10H20N2O2/c1-7(11)10(13)12-8-3-5-9(14-2)6-4-8/h7-9H,3-6,11H2,1-2H3,(H,12,13)/t7-,8?,9?/m1/s1. The van der Waals surface area contributed by atoms with Crippen LogP contribution in [0.4, 0.5) is 0 Å². The van der Waals surface area contributed by atoms with Crippen LogP contribution in [0.5, 0.6) is 0 Å². The van der Waals surface area contributed by atoms with E-state index in [1.165, 1.54) is 0 Å². The lowest BCUT2D eigenvalue weighted by Gasteiger charge is -2.28. The van der Waals surface area contributed by atoms with E-state index in [4.69, 9.17) is 10.5 Å². The first kappa shape index (κ1) is 11.5. The zero-order valence-electron chi connectivity index (χ0n) is 8.95. The number of hydrogen-bond acceptors (Lipinski definition) is 3. The molecule has 1 aliphatic rings. The molecular weight excluding hydrogens is 180 g/mol. The number of rotatable bonds is 3. The molecule has 0 aliphatic heterocycles. The van der Waals surface area contributed by atoms with Crippen molar-refractivity contribution >= 4 is 5.91 Å². The van der Waals surface area contributed by atoms with Crippen molar-refractivity contribution < 1.29 is 9.53 Å². The van der Waals surface area contributed by atoms with Gasteiger partial charge in [0.1, 0.15) is 0 Å². The van der Waals surface area contributed by atoms with E-state index in [9.17, 15) is 4.79 Å². The summed E-state index contributed by atoms with van der Waals surface area (Å²) in [6, 6.07) is -0.116. The number of hydrogen-bond donors (Lipinski definition) is 2. The maximum Gasteiger partial charge on any atom is 0.236 e. The molecule has 1 saturated carbocycles. The molecule has 1 atom stereocenters. The first-order valence-corrected chi connectivity index (χ1v) is 5.22. The number of carbonyl (C=O) groups excluding carboxylic acids is 1. The average Bonchev–Trinajstić information content (AvgIpc) is 2.19. The highest BCUT2D eigenvalue weighted by Gasteiger charge is 2.22. The smallest absolute Gasteiger partial charge is 0.236 e. The highest BCUT2D eigenvalue weighted by atomic mass is 16.5. The molecule has 14 heavy (non-hydrogen) atoms. The Morgan fingerprint density at radius 3 is 2.43 bits per heavy atom. The van der Waals surface area contributed by atoms with Gasteiger partial charge in [-0.2, -0.15) is 0 Å². The summed E-state index contributed by atoms with van der Waals surface area (Å²) in [5, 5.41) is 2.94. The van der Waals surface area contributed by atoms with E-state index < -0.39 is 6.04 Å². The topological polar surface area (TPSA) is 64.3 Å². The van der Waals surface area contributed by atoms with Crippen LogP contribution >= 0.6 is 0 Å². The van der Waals surface area contributed by atoms with Gasteiger partial charge in [-0.25, -0.2) is 0 Å². The maximum atomic E-state index is 11.3. The zero-order valence-corrected chi connectivity index (χ0v) is 8.95. The summed E-state index contributed by atoms with van der Waals surface area (Å²) in [6.45, 7) is 1.70. The number of methoxy groups -OCH3 is 1. The SMILES string of the molecule is COC1CCC(NC(=O)[C@@H](C)N)CC1. The lowest BCUT2D eigenvalue weighted by molar-refractivity contribution is -0.123. The Kier molecular flexibility index (Phi) is 4.35. The highest BCUT2D eigenvalue weighted by molar-refractivity contribution is 5.81. The third-order valence-corrected chi connectivity index (χ3v) is 2.77. The van der Waals surface area contributed by atoms with Gasteiger partial charge in [-0.05, 0) is 32.6 Å². The summed E-state index contributed by atoms with van der Waals surface area (Å²) in [6.07, 6.45) is 4.42. The van der Waals surface area contributed by atoms with Crippen LogP contribution in [0, 0.1) is 0 Å².